The molecule has 0 saturated heterocycles. The standard InChI is InChI=1S/C19H26N2O.ClH/c1-4-13-21(14-5-2)19(20)17-11-12-18(22-6-3)16-10-8-7-9-15(16)17;/h7-12,20H,4-6,13-14H2,1-3H3;1H. The maximum Gasteiger partial charge on any atom is 0.128 e. The average Bonchev–Trinajstić information content (AvgIpc) is 2.54. The summed E-state index contributed by atoms with van der Waals surface area (Å²) < 4.78 is 5.73. The van der Waals surface area contributed by atoms with Crippen molar-refractivity contribution in [2.24, 2.45) is 0 Å². The molecule has 0 atom stereocenters. The minimum atomic E-state index is 0. The van der Waals surface area contributed by atoms with Crippen LogP contribution in [0, 0.1) is 5.41 Å². The fraction of sp³-hybridized carbons (Fsp3) is 0.421. The van der Waals surface area contributed by atoms with Crippen LogP contribution in [-0.4, -0.2) is 30.4 Å². The van der Waals surface area contributed by atoms with Gasteiger partial charge in [0.25, 0.3) is 0 Å². The normalized spacial score (nSPS) is 10.2. The molecule has 0 aliphatic carbocycles. The zero-order valence-electron chi connectivity index (χ0n) is 14.3. The number of amidine groups is 1. The zero-order valence-corrected chi connectivity index (χ0v) is 15.1. The van der Waals surface area contributed by atoms with E-state index < -0.39 is 0 Å². The van der Waals surface area contributed by atoms with Crippen molar-refractivity contribution in [3.63, 3.8) is 0 Å². The van der Waals surface area contributed by atoms with Gasteiger partial charge in [-0.2, -0.15) is 0 Å². The maximum atomic E-state index is 8.63. The Morgan fingerprint density at radius 2 is 1.57 bits per heavy atom. The van der Waals surface area contributed by atoms with Crippen LogP contribution in [0.25, 0.3) is 10.8 Å². The SMILES string of the molecule is CCCN(CCC)C(=N)c1ccc(OCC)c2ccccc12.Cl. The molecule has 2 rings (SSSR count). The molecule has 0 aliphatic rings. The van der Waals surface area contributed by atoms with Gasteiger partial charge in [0.1, 0.15) is 11.6 Å². The van der Waals surface area contributed by atoms with E-state index in [4.69, 9.17) is 10.1 Å². The Kier molecular flexibility index (Phi) is 7.90. The molecule has 3 nitrogen and oxygen atoms in total. The van der Waals surface area contributed by atoms with E-state index in [0.717, 1.165) is 48.0 Å². The molecule has 0 aromatic heterocycles. The lowest BCUT2D eigenvalue weighted by Gasteiger charge is -2.25. The number of hydrogen-bond donors (Lipinski definition) is 1. The van der Waals surface area contributed by atoms with Crippen molar-refractivity contribution in [1.82, 2.24) is 4.90 Å². The third-order valence-electron chi connectivity index (χ3n) is 3.74. The molecule has 0 unspecified atom stereocenters. The first kappa shape index (κ1) is 19.3. The van der Waals surface area contributed by atoms with E-state index in [2.05, 4.69) is 30.9 Å². The third kappa shape index (κ3) is 4.38. The Balaban J connectivity index is 0.00000264. The van der Waals surface area contributed by atoms with Crippen LogP contribution in [0.15, 0.2) is 36.4 Å². The van der Waals surface area contributed by atoms with Crippen molar-refractivity contribution >= 4 is 29.0 Å². The van der Waals surface area contributed by atoms with Crippen LogP contribution in [0.5, 0.6) is 5.75 Å². The van der Waals surface area contributed by atoms with Crippen molar-refractivity contribution in [3.05, 3.63) is 42.0 Å². The largest absolute Gasteiger partial charge is 0.493 e. The van der Waals surface area contributed by atoms with Crippen LogP contribution in [0.3, 0.4) is 0 Å². The van der Waals surface area contributed by atoms with Crippen molar-refractivity contribution in [2.75, 3.05) is 19.7 Å². The highest BCUT2D eigenvalue weighted by molar-refractivity contribution is 6.09. The van der Waals surface area contributed by atoms with E-state index in [9.17, 15) is 0 Å². The Morgan fingerprint density at radius 1 is 0.957 bits per heavy atom. The number of rotatable bonds is 7. The molecule has 1 N–H and O–H groups in total. The Bertz CT molecular complexity index is 636. The second-order valence-electron chi connectivity index (χ2n) is 5.43. The molecule has 0 aliphatic heterocycles. The Hall–Kier alpha value is -1.74. The number of halogens is 1. The van der Waals surface area contributed by atoms with E-state index in [0.29, 0.717) is 12.4 Å². The van der Waals surface area contributed by atoms with Gasteiger partial charge in [-0.05, 0) is 37.3 Å². The summed E-state index contributed by atoms with van der Waals surface area (Å²) in [5.74, 6) is 1.51. The number of nitrogens with zero attached hydrogens (tertiary/aromatic N) is 1. The summed E-state index contributed by atoms with van der Waals surface area (Å²) in [6.45, 7) is 8.81. The summed E-state index contributed by atoms with van der Waals surface area (Å²) in [5.41, 5.74) is 0.987. The van der Waals surface area contributed by atoms with Gasteiger partial charge in [0.15, 0.2) is 0 Å². The summed E-state index contributed by atoms with van der Waals surface area (Å²) in [5, 5.41) is 10.8. The summed E-state index contributed by atoms with van der Waals surface area (Å²) in [6.07, 6.45) is 2.11. The number of nitrogens with one attached hydrogen (secondary N) is 1. The second kappa shape index (κ2) is 9.41. The van der Waals surface area contributed by atoms with Gasteiger partial charge in [-0.15, -0.1) is 12.4 Å². The first-order chi connectivity index (χ1) is 10.7. The van der Waals surface area contributed by atoms with Gasteiger partial charge >= 0.3 is 0 Å². The number of fused-ring (bicyclic) bond motifs is 1. The van der Waals surface area contributed by atoms with Crippen LogP contribution in [0.2, 0.25) is 0 Å². The molecular weight excluding hydrogens is 308 g/mol. The Morgan fingerprint density at radius 3 is 2.13 bits per heavy atom. The molecule has 0 spiro atoms. The summed E-state index contributed by atoms with van der Waals surface area (Å²) in [6, 6.07) is 12.2. The van der Waals surface area contributed by atoms with Gasteiger partial charge in [-0.3, -0.25) is 5.41 Å². The highest BCUT2D eigenvalue weighted by Crippen LogP contribution is 2.29. The minimum absolute atomic E-state index is 0. The van der Waals surface area contributed by atoms with Gasteiger partial charge < -0.3 is 9.64 Å². The minimum Gasteiger partial charge on any atom is -0.493 e. The lowest BCUT2D eigenvalue weighted by molar-refractivity contribution is 0.344. The van der Waals surface area contributed by atoms with E-state index in [-0.39, 0.29) is 12.4 Å². The van der Waals surface area contributed by atoms with E-state index >= 15 is 0 Å². The fourth-order valence-corrected chi connectivity index (χ4v) is 2.80. The monoisotopic (exact) mass is 334 g/mol. The van der Waals surface area contributed by atoms with Crippen LogP contribution < -0.4 is 4.74 Å². The molecule has 23 heavy (non-hydrogen) atoms. The lowest BCUT2D eigenvalue weighted by atomic mass is 10.0. The highest BCUT2D eigenvalue weighted by Gasteiger charge is 2.15. The van der Waals surface area contributed by atoms with Gasteiger partial charge in [-0.25, -0.2) is 0 Å². The lowest BCUT2D eigenvalue weighted by Crippen LogP contribution is -2.32. The molecule has 2 aromatic rings. The smallest absolute Gasteiger partial charge is 0.128 e. The van der Waals surface area contributed by atoms with Crippen molar-refractivity contribution < 1.29 is 4.74 Å². The van der Waals surface area contributed by atoms with Crippen LogP contribution in [0.1, 0.15) is 39.2 Å². The van der Waals surface area contributed by atoms with Crippen LogP contribution in [0.4, 0.5) is 0 Å². The van der Waals surface area contributed by atoms with Gasteiger partial charge in [0.05, 0.1) is 6.61 Å². The number of benzene rings is 2. The predicted octanol–water partition coefficient (Wildman–Crippen LogP) is 5.11. The van der Waals surface area contributed by atoms with Gasteiger partial charge in [0, 0.05) is 24.0 Å². The van der Waals surface area contributed by atoms with Crippen molar-refractivity contribution in [1.29, 1.82) is 5.41 Å². The summed E-state index contributed by atoms with van der Waals surface area (Å²) in [7, 11) is 0. The zero-order chi connectivity index (χ0) is 15.9. The topological polar surface area (TPSA) is 36.3 Å². The molecule has 126 valence electrons. The fourth-order valence-electron chi connectivity index (χ4n) is 2.80. The number of hydrogen-bond acceptors (Lipinski definition) is 2. The molecule has 0 heterocycles. The average molecular weight is 335 g/mol. The maximum absolute atomic E-state index is 8.63. The quantitative estimate of drug-likeness (QED) is 0.564. The van der Waals surface area contributed by atoms with Crippen LogP contribution in [-0.2, 0) is 0 Å². The molecule has 4 heteroatoms. The van der Waals surface area contributed by atoms with Crippen LogP contribution >= 0.6 is 12.4 Å². The molecular formula is C19H27ClN2O. The van der Waals surface area contributed by atoms with E-state index in [1.807, 2.05) is 31.2 Å². The second-order valence-corrected chi connectivity index (χ2v) is 5.43. The van der Waals surface area contributed by atoms with E-state index in [1.165, 1.54) is 0 Å². The summed E-state index contributed by atoms with van der Waals surface area (Å²) in [4.78, 5) is 2.17. The highest BCUT2D eigenvalue weighted by atomic mass is 35.5. The third-order valence-corrected chi connectivity index (χ3v) is 3.74. The van der Waals surface area contributed by atoms with E-state index in [1.54, 1.807) is 0 Å². The van der Waals surface area contributed by atoms with Crippen molar-refractivity contribution in [2.45, 2.75) is 33.6 Å². The number of ether oxygens (including phenoxy) is 1. The molecule has 2 aromatic carbocycles. The first-order valence-electron chi connectivity index (χ1n) is 8.21. The molecule has 0 bridgehead atoms. The summed E-state index contributed by atoms with van der Waals surface area (Å²) >= 11 is 0. The molecule has 0 saturated carbocycles. The van der Waals surface area contributed by atoms with Gasteiger partial charge in [0.2, 0.25) is 0 Å². The molecule has 0 amide bonds. The Labute approximate surface area is 145 Å². The predicted molar refractivity (Wildman–Crippen MR) is 101 cm³/mol. The first-order valence-corrected chi connectivity index (χ1v) is 8.21. The van der Waals surface area contributed by atoms with Gasteiger partial charge in [-0.1, -0.05) is 38.1 Å². The molecule has 0 fully saturated rings. The van der Waals surface area contributed by atoms with Crippen molar-refractivity contribution in [3.8, 4) is 5.75 Å². The molecule has 0 radical (unpaired) electrons.